The van der Waals surface area contributed by atoms with Crippen LogP contribution in [0.2, 0.25) is 0 Å². The van der Waals surface area contributed by atoms with Crippen molar-refractivity contribution in [1.29, 1.82) is 0 Å². The maximum absolute atomic E-state index is 10.3. The number of hydrogen-bond donors (Lipinski definition) is 1. The third kappa shape index (κ3) is 3.34. The summed E-state index contributed by atoms with van der Waals surface area (Å²) in [5, 5.41) is 10.3. The molecule has 0 bridgehead atoms. The molecule has 0 spiro atoms. The Labute approximate surface area is 78.7 Å². The van der Waals surface area contributed by atoms with E-state index in [1.165, 1.54) is 6.08 Å². The molecule has 5 heteroatoms. The van der Waals surface area contributed by atoms with Crippen LogP contribution in [0.25, 0.3) is 0 Å². The molecule has 0 atom stereocenters. The third-order valence-electron chi connectivity index (χ3n) is 1.07. The van der Waals surface area contributed by atoms with E-state index in [4.69, 9.17) is 5.73 Å². The van der Waals surface area contributed by atoms with Crippen molar-refractivity contribution in [2.24, 2.45) is 5.73 Å². The quantitative estimate of drug-likeness (QED) is 0.460. The van der Waals surface area contributed by atoms with Crippen LogP contribution in [0.1, 0.15) is 6.92 Å². The molecule has 0 heterocycles. The summed E-state index contributed by atoms with van der Waals surface area (Å²) in [6, 6.07) is 0. The Balaban J connectivity index is 4.86. The number of halogens is 1. The van der Waals surface area contributed by atoms with E-state index >= 15 is 0 Å². The predicted octanol–water partition coefficient (Wildman–Crippen LogP) is 1.92. The normalized spacial score (nSPS) is 13.7. The van der Waals surface area contributed by atoms with Crippen LogP contribution < -0.4 is 5.73 Å². The van der Waals surface area contributed by atoms with Gasteiger partial charge in [-0.2, -0.15) is 0 Å². The van der Waals surface area contributed by atoms with Gasteiger partial charge in [0.15, 0.2) is 0 Å². The highest BCUT2D eigenvalue weighted by Gasteiger charge is 2.05. The fourth-order valence-corrected chi connectivity index (χ4v) is 0.664. The number of nitro groups is 1. The van der Waals surface area contributed by atoms with Crippen LogP contribution in [0.4, 0.5) is 0 Å². The van der Waals surface area contributed by atoms with Gasteiger partial charge >= 0.3 is 0 Å². The smallest absolute Gasteiger partial charge is 0.270 e. The SMILES string of the molecule is C=C/C(=C\C(Br)=C(/C)N)[N+](=O)[O-]. The Morgan fingerprint density at radius 3 is 2.50 bits per heavy atom. The fraction of sp³-hybridized carbons (Fsp3) is 0.143. The number of rotatable bonds is 3. The van der Waals surface area contributed by atoms with E-state index in [9.17, 15) is 10.1 Å². The Morgan fingerprint density at radius 2 is 2.25 bits per heavy atom. The summed E-state index contributed by atoms with van der Waals surface area (Å²) in [5.41, 5.74) is 5.76. The van der Waals surface area contributed by atoms with Gasteiger partial charge in [0.1, 0.15) is 0 Å². The van der Waals surface area contributed by atoms with Gasteiger partial charge in [-0.1, -0.05) is 6.58 Å². The summed E-state index contributed by atoms with van der Waals surface area (Å²) in [6.07, 6.45) is 2.46. The van der Waals surface area contributed by atoms with Gasteiger partial charge in [0.05, 0.1) is 4.92 Å². The lowest BCUT2D eigenvalue weighted by atomic mass is 10.3. The van der Waals surface area contributed by atoms with E-state index < -0.39 is 4.92 Å². The molecule has 2 N–H and O–H groups in total. The number of nitrogens with two attached hydrogens (primary N) is 1. The van der Waals surface area contributed by atoms with Crippen molar-refractivity contribution in [2.45, 2.75) is 6.92 Å². The third-order valence-corrected chi connectivity index (χ3v) is 1.93. The fourth-order valence-electron chi connectivity index (χ4n) is 0.430. The molecule has 12 heavy (non-hydrogen) atoms. The molecule has 0 rings (SSSR count). The van der Waals surface area contributed by atoms with Crippen LogP contribution >= 0.6 is 15.9 Å². The highest BCUT2D eigenvalue weighted by molar-refractivity contribution is 9.11. The molecule has 0 unspecified atom stereocenters. The minimum atomic E-state index is -0.531. The van der Waals surface area contributed by atoms with E-state index in [0.717, 1.165) is 6.08 Å². The van der Waals surface area contributed by atoms with E-state index in [2.05, 4.69) is 22.5 Å². The molecule has 66 valence electrons. The number of hydrogen-bond acceptors (Lipinski definition) is 3. The van der Waals surface area contributed by atoms with Gasteiger partial charge in [0.2, 0.25) is 0 Å². The van der Waals surface area contributed by atoms with Gasteiger partial charge in [-0.25, -0.2) is 0 Å². The Kier molecular flexibility index (Phi) is 4.28. The maximum atomic E-state index is 10.3. The number of allylic oxidation sites excluding steroid dienone is 4. The van der Waals surface area contributed by atoms with Crippen LogP contribution in [0.3, 0.4) is 0 Å². The van der Waals surface area contributed by atoms with E-state index in [0.29, 0.717) is 10.2 Å². The second kappa shape index (κ2) is 4.71. The zero-order valence-corrected chi connectivity index (χ0v) is 8.17. The van der Waals surface area contributed by atoms with E-state index in [1.807, 2.05) is 0 Å². The van der Waals surface area contributed by atoms with Gasteiger partial charge in [-0.05, 0) is 22.9 Å². The Morgan fingerprint density at radius 1 is 1.75 bits per heavy atom. The zero-order chi connectivity index (χ0) is 9.72. The molecule has 0 amide bonds. The van der Waals surface area contributed by atoms with Crippen molar-refractivity contribution in [2.75, 3.05) is 0 Å². The lowest BCUT2D eigenvalue weighted by Crippen LogP contribution is -1.97. The highest BCUT2D eigenvalue weighted by Crippen LogP contribution is 2.13. The monoisotopic (exact) mass is 232 g/mol. The zero-order valence-electron chi connectivity index (χ0n) is 6.58. The molecule has 0 aliphatic rings. The van der Waals surface area contributed by atoms with Gasteiger partial charge < -0.3 is 5.73 Å². The van der Waals surface area contributed by atoms with E-state index in [1.54, 1.807) is 6.92 Å². The summed E-state index contributed by atoms with van der Waals surface area (Å²) in [5.74, 6) is 0. The van der Waals surface area contributed by atoms with Crippen LogP contribution in [0, 0.1) is 10.1 Å². The predicted molar refractivity (Wildman–Crippen MR) is 51.1 cm³/mol. The molecule has 4 nitrogen and oxygen atoms in total. The second-order valence-corrected chi connectivity index (χ2v) is 2.92. The average Bonchev–Trinajstić information content (AvgIpc) is 1.98. The van der Waals surface area contributed by atoms with Crippen molar-refractivity contribution < 1.29 is 4.92 Å². The van der Waals surface area contributed by atoms with Crippen molar-refractivity contribution >= 4 is 15.9 Å². The summed E-state index contributed by atoms with van der Waals surface area (Å²) in [7, 11) is 0. The van der Waals surface area contributed by atoms with Gasteiger partial charge in [0, 0.05) is 22.3 Å². The largest absolute Gasteiger partial charge is 0.401 e. The van der Waals surface area contributed by atoms with Gasteiger partial charge in [-0.3, -0.25) is 10.1 Å². The summed E-state index contributed by atoms with van der Waals surface area (Å²) >= 11 is 3.08. The van der Waals surface area contributed by atoms with Gasteiger partial charge in [0.25, 0.3) is 5.70 Å². The van der Waals surface area contributed by atoms with E-state index in [-0.39, 0.29) is 5.70 Å². The first-order valence-electron chi connectivity index (χ1n) is 3.09. The van der Waals surface area contributed by atoms with Crippen molar-refractivity contribution in [3.63, 3.8) is 0 Å². The molecule has 0 fully saturated rings. The first-order valence-corrected chi connectivity index (χ1v) is 3.88. The molecule has 0 radical (unpaired) electrons. The van der Waals surface area contributed by atoms with Crippen molar-refractivity contribution in [3.05, 3.63) is 44.7 Å². The topological polar surface area (TPSA) is 69.2 Å². The molecule has 0 aromatic rings. The minimum Gasteiger partial charge on any atom is -0.401 e. The lowest BCUT2D eigenvalue weighted by Gasteiger charge is -1.93. The molecule has 0 aliphatic heterocycles. The summed E-state index contributed by atoms with van der Waals surface area (Å²) in [4.78, 5) is 9.74. The number of nitrogens with zero attached hydrogens (tertiary/aromatic N) is 1. The van der Waals surface area contributed by atoms with Crippen molar-refractivity contribution in [1.82, 2.24) is 0 Å². The average molecular weight is 233 g/mol. The first-order chi connectivity index (χ1) is 5.49. The molecular formula is C7H9BrN2O2. The Hall–Kier alpha value is -1.10. The van der Waals surface area contributed by atoms with Crippen molar-refractivity contribution in [3.8, 4) is 0 Å². The molecule has 0 aromatic carbocycles. The Bertz CT molecular complexity index is 265. The molecule has 0 aromatic heterocycles. The first kappa shape index (κ1) is 10.9. The standard InChI is InChI=1S/C7H9BrN2O2/c1-3-6(10(11)12)4-7(8)5(2)9/h3-4H,1,9H2,2H3/b6-4+,7-5-. The van der Waals surface area contributed by atoms with Crippen LogP contribution in [-0.2, 0) is 0 Å². The lowest BCUT2D eigenvalue weighted by molar-refractivity contribution is -0.418. The second-order valence-electron chi connectivity index (χ2n) is 2.06. The van der Waals surface area contributed by atoms with Crippen LogP contribution in [0.15, 0.2) is 34.6 Å². The van der Waals surface area contributed by atoms with Crippen LogP contribution in [-0.4, -0.2) is 4.92 Å². The summed E-state index contributed by atoms with van der Waals surface area (Å²) < 4.78 is 0.495. The molecule has 0 aliphatic carbocycles. The minimum absolute atomic E-state index is 0.0910. The highest BCUT2D eigenvalue weighted by atomic mass is 79.9. The molecule has 0 saturated heterocycles. The molecule has 0 saturated carbocycles. The summed E-state index contributed by atoms with van der Waals surface area (Å²) in [6.45, 7) is 4.94. The van der Waals surface area contributed by atoms with Crippen LogP contribution in [0.5, 0.6) is 0 Å². The maximum Gasteiger partial charge on any atom is 0.270 e. The molecular weight excluding hydrogens is 224 g/mol. The van der Waals surface area contributed by atoms with Gasteiger partial charge in [-0.15, -0.1) is 0 Å².